The molecule has 0 radical (unpaired) electrons. The van der Waals surface area contributed by atoms with Gasteiger partial charge in [0, 0.05) is 23.7 Å². The summed E-state index contributed by atoms with van der Waals surface area (Å²) in [6.07, 6.45) is 3.44. The van der Waals surface area contributed by atoms with Crippen molar-refractivity contribution in [3.05, 3.63) is 63.9 Å². The molecule has 1 aromatic carbocycles. The first-order chi connectivity index (χ1) is 11.5. The van der Waals surface area contributed by atoms with Gasteiger partial charge < -0.3 is 10.4 Å². The summed E-state index contributed by atoms with van der Waals surface area (Å²) in [6, 6.07) is 7.53. The lowest BCUT2D eigenvalue weighted by Crippen LogP contribution is -2.51. The number of hydrogen-bond acceptors (Lipinski definition) is 3. The number of ketones is 1. The largest absolute Gasteiger partial charge is 0.391 e. The second kappa shape index (κ2) is 8.53. The molecular weight excluding hydrogens is 367 g/mol. The van der Waals surface area contributed by atoms with Gasteiger partial charge in [-0.25, -0.2) is 0 Å². The lowest BCUT2D eigenvalue weighted by molar-refractivity contribution is -0.692. The van der Waals surface area contributed by atoms with Crippen molar-refractivity contribution in [3.8, 4) is 0 Å². The van der Waals surface area contributed by atoms with Crippen LogP contribution in [-0.4, -0.2) is 22.4 Å². The maximum absolute atomic E-state index is 13.0. The van der Waals surface area contributed by atoms with Crippen LogP contribution in [0, 0.1) is 0 Å². The molecule has 0 saturated carbocycles. The second-order valence-electron chi connectivity index (χ2n) is 5.11. The first kappa shape index (κ1) is 18.8. The quantitative estimate of drug-likeness (QED) is 0.457. The zero-order valence-corrected chi connectivity index (χ0v) is 15.3. The van der Waals surface area contributed by atoms with Gasteiger partial charge in [-0.05, 0) is 31.2 Å². The molecule has 1 heterocycles. The van der Waals surface area contributed by atoms with Gasteiger partial charge in [-0.3, -0.25) is 4.79 Å². The first-order valence-corrected chi connectivity index (χ1v) is 8.51. The minimum atomic E-state index is -0.733. The topological polar surface area (TPSA) is 53.2 Å². The lowest BCUT2D eigenvalue weighted by Gasteiger charge is -2.14. The van der Waals surface area contributed by atoms with Crippen LogP contribution < -0.4 is 9.88 Å². The van der Waals surface area contributed by atoms with Gasteiger partial charge in [-0.15, -0.1) is 0 Å². The number of nitrogens with one attached hydrogen (secondary N) is 1. The molecule has 4 nitrogen and oxygen atoms in total. The average Bonchev–Trinajstić information content (AvgIpc) is 2.58. The van der Waals surface area contributed by atoms with Gasteiger partial charge in [0.2, 0.25) is 5.78 Å². The minimum Gasteiger partial charge on any atom is -0.391 e. The highest BCUT2D eigenvalue weighted by Crippen LogP contribution is 2.24. The fourth-order valence-corrected chi connectivity index (χ4v) is 2.94. The molecule has 1 aromatic heterocycles. The van der Waals surface area contributed by atoms with E-state index in [0.29, 0.717) is 32.7 Å². The molecule has 1 unspecified atom stereocenters. The molecular formula is C17H17Cl2N2O2S+. The van der Waals surface area contributed by atoms with Crippen LogP contribution >= 0.6 is 35.4 Å². The van der Waals surface area contributed by atoms with Crippen molar-refractivity contribution in [1.82, 2.24) is 5.32 Å². The molecule has 0 amide bonds. The minimum absolute atomic E-state index is 0.123. The third kappa shape index (κ3) is 4.30. The summed E-state index contributed by atoms with van der Waals surface area (Å²) in [5, 5.41) is 13.0. The molecule has 0 aliphatic heterocycles. The van der Waals surface area contributed by atoms with Crippen LogP contribution in [0.1, 0.15) is 28.9 Å². The van der Waals surface area contributed by atoms with Gasteiger partial charge in [0.15, 0.2) is 17.4 Å². The van der Waals surface area contributed by atoms with Gasteiger partial charge >= 0.3 is 0 Å². The molecule has 2 aromatic rings. The Labute approximate surface area is 156 Å². The summed E-state index contributed by atoms with van der Waals surface area (Å²) in [4.78, 5) is 13.4. The Morgan fingerprint density at radius 3 is 2.71 bits per heavy atom. The molecule has 0 saturated heterocycles. The van der Waals surface area contributed by atoms with Crippen molar-refractivity contribution in [2.24, 2.45) is 0 Å². The van der Waals surface area contributed by atoms with E-state index in [-0.39, 0.29) is 12.4 Å². The van der Waals surface area contributed by atoms with Crippen LogP contribution in [0.2, 0.25) is 10.0 Å². The summed E-state index contributed by atoms with van der Waals surface area (Å²) in [5.74, 6) is -0.209. The van der Waals surface area contributed by atoms with E-state index < -0.39 is 6.04 Å². The molecule has 0 spiro atoms. The molecule has 7 heteroatoms. The predicted octanol–water partition coefficient (Wildman–Crippen LogP) is 3.13. The molecule has 2 N–H and O–H groups in total. The number of halogens is 2. The number of Topliss-reactive ketones (excluding diaryl/α,β-unsaturated/α-hetero) is 1. The summed E-state index contributed by atoms with van der Waals surface area (Å²) in [7, 11) is 0. The Bertz CT molecular complexity index is 768. The summed E-state index contributed by atoms with van der Waals surface area (Å²) in [5.41, 5.74) is 1.10. The predicted molar refractivity (Wildman–Crippen MR) is 98.7 cm³/mol. The number of benzene rings is 1. The Hall–Kier alpha value is -1.53. The number of carbonyl (C=O) groups is 1. The normalized spacial score (nSPS) is 11.8. The van der Waals surface area contributed by atoms with Crippen molar-refractivity contribution in [2.45, 2.75) is 19.6 Å². The van der Waals surface area contributed by atoms with Crippen molar-refractivity contribution in [1.29, 1.82) is 0 Å². The maximum atomic E-state index is 13.0. The van der Waals surface area contributed by atoms with E-state index in [1.165, 1.54) is 6.07 Å². The van der Waals surface area contributed by atoms with E-state index in [0.717, 1.165) is 0 Å². The third-order valence-electron chi connectivity index (χ3n) is 3.42. The Morgan fingerprint density at radius 1 is 1.33 bits per heavy atom. The number of thiocarbonyl (C=S) groups is 1. The van der Waals surface area contributed by atoms with E-state index in [9.17, 15) is 9.90 Å². The van der Waals surface area contributed by atoms with E-state index in [1.54, 1.807) is 41.2 Å². The van der Waals surface area contributed by atoms with E-state index in [2.05, 4.69) is 5.32 Å². The zero-order valence-electron chi connectivity index (χ0n) is 13.0. The fourth-order valence-electron chi connectivity index (χ4n) is 2.27. The molecule has 0 aliphatic rings. The van der Waals surface area contributed by atoms with Crippen LogP contribution in [0.15, 0.2) is 42.7 Å². The molecule has 1 atom stereocenters. The summed E-state index contributed by atoms with van der Waals surface area (Å²) < 4.78 is 1.68. The van der Waals surface area contributed by atoms with Crippen LogP contribution in [-0.2, 0) is 6.61 Å². The summed E-state index contributed by atoms with van der Waals surface area (Å²) in [6.45, 7) is 2.38. The number of aliphatic hydroxyl groups excluding tert-OH is 1. The number of pyridine rings is 1. The van der Waals surface area contributed by atoms with Gasteiger partial charge in [-0.2, -0.15) is 4.57 Å². The Morgan fingerprint density at radius 2 is 2.08 bits per heavy atom. The second-order valence-corrected chi connectivity index (χ2v) is 6.36. The number of rotatable bonds is 6. The number of likely N-dealkylation sites (N-methyl/N-ethyl adjacent to an activating group) is 1. The zero-order chi connectivity index (χ0) is 17.7. The first-order valence-electron chi connectivity index (χ1n) is 7.35. The van der Waals surface area contributed by atoms with E-state index in [1.807, 2.05) is 6.92 Å². The lowest BCUT2D eigenvalue weighted by atomic mass is 10.0. The van der Waals surface area contributed by atoms with Gasteiger partial charge in [0.05, 0.1) is 16.7 Å². The van der Waals surface area contributed by atoms with E-state index >= 15 is 0 Å². The molecule has 0 aliphatic carbocycles. The molecule has 126 valence electrons. The van der Waals surface area contributed by atoms with E-state index in [4.69, 9.17) is 35.4 Å². The Balaban J connectivity index is 2.46. The number of hydrogen-bond donors (Lipinski definition) is 2. The highest BCUT2D eigenvalue weighted by Gasteiger charge is 2.33. The molecule has 0 fully saturated rings. The number of nitrogens with zero attached hydrogens (tertiary/aromatic N) is 1. The highest BCUT2D eigenvalue weighted by molar-refractivity contribution is 7.80. The van der Waals surface area contributed by atoms with Crippen molar-refractivity contribution < 1.29 is 14.5 Å². The average molecular weight is 384 g/mol. The number of aliphatic hydroxyl groups is 1. The molecule has 2 rings (SSSR count). The van der Waals surface area contributed by atoms with Crippen LogP contribution in [0.3, 0.4) is 0 Å². The van der Waals surface area contributed by atoms with Gasteiger partial charge in [-0.1, -0.05) is 35.4 Å². The Kier molecular flexibility index (Phi) is 6.69. The fraction of sp³-hybridized carbons (Fsp3) is 0.235. The molecule has 0 bridgehead atoms. The van der Waals surface area contributed by atoms with Crippen molar-refractivity contribution >= 4 is 46.2 Å². The molecule has 24 heavy (non-hydrogen) atoms. The third-order valence-corrected chi connectivity index (χ3v) is 4.52. The number of aromatic nitrogens is 1. The highest BCUT2D eigenvalue weighted by atomic mass is 35.5. The SMILES string of the molecule is CCNC(=S)C(C(=O)c1ccc(Cl)c(Cl)c1)[n+]1cccc(CO)c1. The van der Waals surface area contributed by atoms with Crippen LogP contribution in [0.5, 0.6) is 0 Å². The van der Waals surface area contributed by atoms with Crippen LogP contribution in [0.25, 0.3) is 0 Å². The monoisotopic (exact) mass is 383 g/mol. The maximum Gasteiger partial charge on any atom is 0.270 e. The number of carbonyl (C=O) groups excluding carboxylic acids is 1. The van der Waals surface area contributed by atoms with Gasteiger partial charge in [0.1, 0.15) is 0 Å². The van der Waals surface area contributed by atoms with Crippen molar-refractivity contribution in [2.75, 3.05) is 6.54 Å². The summed E-state index contributed by atoms with van der Waals surface area (Å²) >= 11 is 17.3. The standard InChI is InChI=1S/C17H16Cl2N2O2S/c1-2-20-17(24)15(21-7-3-4-11(9-21)10-22)16(23)12-5-6-13(18)14(19)8-12/h3-9,15,22H,2,10H2,1H3/p+1. The van der Waals surface area contributed by atoms with Gasteiger partial charge in [0.25, 0.3) is 6.04 Å². The smallest absolute Gasteiger partial charge is 0.270 e. The van der Waals surface area contributed by atoms with Crippen LogP contribution in [0.4, 0.5) is 0 Å². The van der Waals surface area contributed by atoms with Crippen molar-refractivity contribution in [3.63, 3.8) is 0 Å².